The van der Waals surface area contributed by atoms with Crippen LogP contribution in [0.25, 0.3) is 0 Å². The normalized spacial score (nSPS) is 14.2. The molecule has 1 aromatic carbocycles. The molecule has 0 saturated carbocycles. The number of imide groups is 1. The Labute approximate surface area is 144 Å². The number of nitrogens with zero attached hydrogens (tertiary/aromatic N) is 2. The van der Waals surface area contributed by atoms with Gasteiger partial charge in [0.1, 0.15) is 0 Å². The second-order valence-electron chi connectivity index (χ2n) is 5.65. The number of amides is 4. The minimum Gasteiger partial charge on any atom is -0.368 e. The molecule has 4 amide bonds. The average molecular weight is 354 g/mol. The molecule has 0 radical (unpaired) electrons. The Kier molecular flexibility index (Phi) is 6.26. The SMILES string of the molecule is CC(=O)NC(=O)NCCC(=O)N1CCN(c2ccc(F)c(F)c2)CC1. The maximum absolute atomic E-state index is 13.3. The molecule has 0 unspecified atom stereocenters. The Hall–Kier alpha value is -2.71. The van der Waals surface area contributed by atoms with Gasteiger partial charge in [-0.2, -0.15) is 0 Å². The summed E-state index contributed by atoms with van der Waals surface area (Å²) < 4.78 is 26.3. The van der Waals surface area contributed by atoms with E-state index in [9.17, 15) is 23.2 Å². The fraction of sp³-hybridized carbons (Fsp3) is 0.438. The molecule has 1 aliphatic rings. The molecule has 0 atom stereocenters. The van der Waals surface area contributed by atoms with E-state index >= 15 is 0 Å². The lowest BCUT2D eigenvalue weighted by molar-refractivity contribution is -0.131. The van der Waals surface area contributed by atoms with Crippen LogP contribution in [0.4, 0.5) is 19.3 Å². The number of benzene rings is 1. The number of nitrogens with one attached hydrogen (secondary N) is 2. The summed E-state index contributed by atoms with van der Waals surface area (Å²) in [5.74, 6) is -2.38. The summed E-state index contributed by atoms with van der Waals surface area (Å²) in [7, 11) is 0. The van der Waals surface area contributed by atoms with Gasteiger partial charge in [0.05, 0.1) is 0 Å². The first-order valence-corrected chi connectivity index (χ1v) is 7.90. The lowest BCUT2D eigenvalue weighted by Gasteiger charge is -2.36. The molecule has 1 fully saturated rings. The van der Waals surface area contributed by atoms with Crippen LogP contribution in [0.1, 0.15) is 13.3 Å². The lowest BCUT2D eigenvalue weighted by Crippen LogP contribution is -2.49. The molecule has 2 rings (SSSR count). The van der Waals surface area contributed by atoms with Crippen LogP contribution in [0.15, 0.2) is 18.2 Å². The second kappa shape index (κ2) is 8.41. The van der Waals surface area contributed by atoms with E-state index in [2.05, 4.69) is 10.6 Å². The third kappa shape index (κ3) is 5.40. The van der Waals surface area contributed by atoms with E-state index in [0.29, 0.717) is 31.9 Å². The van der Waals surface area contributed by atoms with E-state index in [0.717, 1.165) is 12.1 Å². The van der Waals surface area contributed by atoms with Gasteiger partial charge < -0.3 is 15.1 Å². The van der Waals surface area contributed by atoms with Crippen molar-refractivity contribution in [3.05, 3.63) is 29.8 Å². The Morgan fingerprint density at radius 2 is 1.76 bits per heavy atom. The van der Waals surface area contributed by atoms with Gasteiger partial charge in [0.15, 0.2) is 11.6 Å². The first-order valence-electron chi connectivity index (χ1n) is 7.90. The van der Waals surface area contributed by atoms with Crippen molar-refractivity contribution in [2.24, 2.45) is 0 Å². The highest BCUT2D eigenvalue weighted by Crippen LogP contribution is 2.19. The molecule has 9 heteroatoms. The van der Waals surface area contributed by atoms with Crippen LogP contribution < -0.4 is 15.5 Å². The molecule has 0 bridgehead atoms. The number of carbonyl (C=O) groups excluding carboxylic acids is 3. The highest BCUT2D eigenvalue weighted by atomic mass is 19.2. The summed E-state index contributed by atoms with van der Waals surface area (Å²) in [4.78, 5) is 37.6. The molecule has 1 aliphatic heterocycles. The monoisotopic (exact) mass is 354 g/mol. The van der Waals surface area contributed by atoms with E-state index in [1.807, 2.05) is 4.90 Å². The van der Waals surface area contributed by atoms with E-state index in [1.165, 1.54) is 13.0 Å². The smallest absolute Gasteiger partial charge is 0.321 e. The van der Waals surface area contributed by atoms with Gasteiger partial charge >= 0.3 is 6.03 Å². The molecule has 1 heterocycles. The lowest BCUT2D eigenvalue weighted by atomic mass is 10.2. The van der Waals surface area contributed by atoms with Crippen molar-refractivity contribution in [1.82, 2.24) is 15.5 Å². The van der Waals surface area contributed by atoms with Crippen molar-refractivity contribution in [2.75, 3.05) is 37.6 Å². The van der Waals surface area contributed by atoms with Crippen molar-refractivity contribution < 1.29 is 23.2 Å². The predicted octanol–water partition coefficient (Wildman–Crippen LogP) is 0.849. The molecule has 1 aromatic rings. The van der Waals surface area contributed by atoms with Gasteiger partial charge in [-0.05, 0) is 12.1 Å². The summed E-state index contributed by atoms with van der Waals surface area (Å²) in [5, 5.41) is 4.47. The largest absolute Gasteiger partial charge is 0.368 e. The summed E-state index contributed by atoms with van der Waals surface area (Å²) in [6.07, 6.45) is 0.122. The first kappa shape index (κ1) is 18.6. The van der Waals surface area contributed by atoms with Gasteiger partial charge in [0.25, 0.3) is 0 Å². The second-order valence-corrected chi connectivity index (χ2v) is 5.65. The quantitative estimate of drug-likeness (QED) is 0.840. The van der Waals surface area contributed by atoms with Crippen molar-refractivity contribution in [3.8, 4) is 0 Å². The number of carbonyl (C=O) groups is 3. The van der Waals surface area contributed by atoms with Crippen LogP contribution in [0.5, 0.6) is 0 Å². The Morgan fingerprint density at radius 1 is 1.08 bits per heavy atom. The molecule has 0 aromatic heterocycles. The zero-order valence-electron chi connectivity index (χ0n) is 13.8. The molecular formula is C16H20F2N4O3. The van der Waals surface area contributed by atoms with Crippen LogP contribution in [0, 0.1) is 11.6 Å². The Balaban J connectivity index is 1.75. The predicted molar refractivity (Wildman–Crippen MR) is 87.0 cm³/mol. The number of rotatable bonds is 4. The number of halogens is 2. The topological polar surface area (TPSA) is 81.8 Å². The van der Waals surface area contributed by atoms with Crippen LogP contribution in [-0.2, 0) is 9.59 Å². The van der Waals surface area contributed by atoms with Crippen molar-refractivity contribution in [3.63, 3.8) is 0 Å². The van der Waals surface area contributed by atoms with Gasteiger partial charge in [-0.1, -0.05) is 0 Å². The van der Waals surface area contributed by atoms with Crippen LogP contribution in [-0.4, -0.2) is 55.5 Å². The molecule has 2 N–H and O–H groups in total. The highest BCUT2D eigenvalue weighted by Gasteiger charge is 2.21. The van der Waals surface area contributed by atoms with Gasteiger partial charge in [-0.15, -0.1) is 0 Å². The van der Waals surface area contributed by atoms with Gasteiger partial charge in [-0.3, -0.25) is 14.9 Å². The molecule has 0 spiro atoms. The molecule has 25 heavy (non-hydrogen) atoms. The van der Waals surface area contributed by atoms with Crippen LogP contribution in [0.3, 0.4) is 0 Å². The number of piperazine rings is 1. The minimum absolute atomic E-state index is 0.118. The zero-order valence-corrected chi connectivity index (χ0v) is 13.8. The van der Waals surface area contributed by atoms with Crippen LogP contribution >= 0.6 is 0 Å². The van der Waals surface area contributed by atoms with E-state index < -0.39 is 23.6 Å². The molecule has 136 valence electrons. The molecular weight excluding hydrogens is 334 g/mol. The summed E-state index contributed by atoms with van der Waals surface area (Å²) in [6, 6.07) is 3.10. The molecule has 7 nitrogen and oxygen atoms in total. The van der Waals surface area contributed by atoms with Gasteiger partial charge in [-0.25, -0.2) is 13.6 Å². The number of hydrogen-bond acceptors (Lipinski definition) is 4. The van der Waals surface area contributed by atoms with Crippen molar-refractivity contribution >= 4 is 23.5 Å². The summed E-state index contributed by atoms with van der Waals surface area (Å²) in [6.45, 7) is 3.28. The number of anilines is 1. The van der Waals surface area contributed by atoms with Crippen molar-refractivity contribution in [2.45, 2.75) is 13.3 Å². The summed E-state index contributed by atoms with van der Waals surface area (Å²) in [5.41, 5.74) is 0.577. The standard InChI is InChI=1S/C16H20F2N4O3/c1-11(23)20-16(25)19-5-4-15(24)22-8-6-21(7-9-22)12-2-3-13(17)14(18)10-12/h2-3,10H,4-9H2,1H3,(H2,19,20,23,25). The zero-order chi connectivity index (χ0) is 18.4. The maximum atomic E-state index is 13.3. The fourth-order valence-electron chi connectivity index (χ4n) is 2.54. The number of hydrogen-bond donors (Lipinski definition) is 2. The maximum Gasteiger partial charge on any atom is 0.321 e. The molecule has 1 saturated heterocycles. The minimum atomic E-state index is -0.897. The summed E-state index contributed by atoms with van der Waals surface area (Å²) >= 11 is 0. The average Bonchev–Trinajstić information content (AvgIpc) is 2.56. The van der Waals surface area contributed by atoms with E-state index in [-0.39, 0.29) is 18.9 Å². The Morgan fingerprint density at radius 3 is 2.36 bits per heavy atom. The third-order valence-corrected chi connectivity index (χ3v) is 3.81. The van der Waals surface area contributed by atoms with Gasteiger partial charge in [0.2, 0.25) is 11.8 Å². The van der Waals surface area contributed by atoms with Crippen LogP contribution in [0.2, 0.25) is 0 Å². The first-order chi connectivity index (χ1) is 11.9. The number of urea groups is 1. The van der Waals surface area contributed by atoms with Crippen molar-refractivity contribution in [1.29, 1.82) is 0 Å². The molecule has 0 aliphatic carbocycles. The van der Waals surface area contributed by atoms with E-state index in [4.69, 9.17) is 0 Å². The highest BCUT2D eigenvalue weighted by molar-refractivity contribution is 5.93. The van der Waals surface area contributed by atoms with E-state index in [1.54, 1.807) is 4.90 Å². The Bertz CT molecular complexity index is 661. The fourth-order valence-corrected chi connectivity index (χ4v) is 2.54. The third-order valence-electron chi connectivity index (χ3n) is 3.81. The van der Waals surface area contributed by atoms with Gasteiger partial charge in [0, 0.05) is 57.8 Å².